The zero-order valence-electron chi connectivity index (χ0n) is 30.5. The molecule has 20 nitrogen and oxygen atoms in total. The van der Waals surface area contributed by atoms with Crippen LogP contribution >= 0.6 is 0 Å². The molecule has 0 aliphatic carbocycles. The van der Waals surface area contributed by atoms with E-state index in [0.717, 1.165) is 12.1 Å². The van der Waals surface area contributed by atoms with Gasteiger partial charge in [0.25, 0.3) is 0 Å². The monoisotopic (exact) mass is 818 g/mol. The smallest absolute Gasteiger partial charge is 0.336 e. The maximum absolute atomic E-state index is 12.4. The summed E-state index contributed by atoms with van der Waals surface area (Å²) in [6.07, 6.45) is -9.39. The molecule has 1 fully saturated rings. The quantitative estimate of drug-likeness (QED) is 0.100. The van der Waals surface area contributed by atoms with Crippen LogP contribution in [0.25, 0.3) is 5.76 Å². The molecular weight excluding hydrogens is 780 g/mol. The van der Waals surface area contributed by atoms with Gasteiger partial charge >= 0.3 is 5.97 Å². The average Bonchev–Trinajstić information content (AvgIpc) is 3.89. The van der Waals surface area contributed by atoms with Gasteiger partial charge in [0.2, 0.25) is 18.3 Å². The minimum absolute atomic E-state index is 0.000193. The van der Waals surface area contributed by atoms with Gasteiger partial charge in [-0.05, 0) is 42.0 Å². The predicted molar refractivity (Wildman–Crippen MR) is 203 cm³/mol. The highest BCUT2D eigenvalue weighted by Crippen LogP contribution is 2.52. The first-order valence-corrected chi connectivity index (χ1v) is 17.9. The molecule has 310 valence electrons. The number of aliphatic hydroxyl groups excluding tert-OH is 6. The lowest BCUT2D eigenvalue weighted by molar-refractivity contribution is -0.303. The van der Waals surface area contributed by atoms with Gasteiger partial charge in [0.15, 0.2) is 23.7 Å². The van der Waals surface area contributed by atoms with Crippen molar-refractivity contribution in [3.63, 3.8) is 0 Å². The molecule has 4 heterocycles. The van der Waals surface area contributed by atoms with Crippen molar-refractivity contribution in [3.05, 3.63) is 89.5 Å². The summed E-state index contributed by atoms with van der Waals surface area (Å²) in [4.78, 5) is 24.1. The molecule has 1 saturated heterocycles. The standard InChI is InChI=1S/C39H38N4O16/c40-28-9-8-22(43-28)30(47)27(15-44)55-21-6-4-17(5-7-21)24-11-23(46)29-25(56-24)12-26(33(31(29)48)58-37(53)18-2-1-3-20(45)10-18)57-38-32(49)34(50)39(54,35(59-38)36(51)52)13-19-14-41-16-42-19/h1-12,16,24,27,30,32,34-35,37-38,40,44-50,53-54H,13-15H2,(H,51,52)/t24?,27-,30+,32+,34-,35+,37-,38+,39-/m0/s1. The summed E-state index contributed by atoms with van der Waals surface area (Å²) in [7, 11) is 0. The fourth-order valence-corrected chi connectivity index (χ4v) is 6.77. The highest BCUT2D eigenvalue weighted by molar-refractivity contribution is 6.15. The third kappa shape index (κ3) is 8.18. The van der Waals surface area contributed by atoms with E-state index in [2.05, 4.69) is 15.0 Å². The minimum Gasteiger partial charge on any atom is -0.508 e. The Labute approximate surface area is 333 Å². The van der Waals surface area contributed by atoms with E-state index in [0.29, 0.717) is 5.56 Å². The zero-order valence-corrected chi connectivity index (χ0v) is 30.5. The Morgan fingerprint density at radius 2 is 1.80 bits per heavy atom. The van der Waals surface area contributed by atoms with Gasteiger partial charge in [-0.1, -0.05) is 24.3 Å². The van der Waals surface area contributed by atoms with Gasteiger partial charge in [0.1, 0.15) is 70.8 Å². The van der Waals surface area contributed by atoms with Gasteiger partial charge < -0.3 is 74.7 Å². The normalized spacial score (nSPS) is 26.2. The molecule has 0 spiro atoms. The van der Waals surface area contributed by atoms with Crippen molar-refractivity contribution in [2.45, 2.75) is 61.2 Å². The number of aliphatic imine (C=N–C) groups is 3. The second kappa shape index (κ2) is 16.5. The van der Waals surface area contributed by atoms with Crippen LogP contribution in [0.1, 0.15) is 35.5 Å². The van der Waals surface area contributed by atoms with Gasteiger partial charge in [-0.2, -0.15) is 0 Å². The van der Waals surface area contributed by atoms with E-state index in [1.54, 1.807) is 12.1 Å². The molecule has 0 bridgehead atoms. The van der Waals surface area contributed by atoms with E-state index < -0.39 is 96.8 Å². The van der Waals surface area contributed by atoms with E-state index in [1.165, 1.54) is 54.9 Å². The predicted octanol–water partition coefficient (Wildman–Crippen LogP) is 0.803. The molecule has 11 N–H and O–H groups in total. The van der Waals surface area contributed by atoms with Crippen LogP contribution in [0.3, 0.4) is 0 Å². The van der Waals surface area contributed by atoms with Crippen LogP contribution in [0.5, 0.6) is 34.5 Å². The summed E-state index contributed by atoms with van der Waals surface area (Å²) in [5, 5.41) is 116. The molecule has 59 heavy (non-hydrogen) atoms. The molecule has 4 aliphatic rings. The van der Waals surface area contributed by atoms with E-state index in [1.807, 2.05) is 0 Å². The largest absolute Gasteiger partial charge is 0.508 e. The molecule has 1 unspecified atom stereocenters. The number of phenolic OH excluding ortho intramolecular Hbond substituents is 2. The highest BCUT2D eigenvalue weighted by Gasteiger charge is 2.59. The number of aliphatic hydroxyl groups is 7. The zero-order chi connectivity index (χ0) is 42.2. The molecule has 0 aromatic heterocycles. The maximum Gasteiger partial charge on any atom is 0.336 e. The Hall–Kier alpha value is -6.39. The molecule has 0 radical (unpaired) electrons. The number of rotatable bonds is 14. The molecule has 3 aromatic rings. The minimum atomic E-state index is -2.61. The van der Waals surface area contributed by atoms with Crippen LogP contribution in [-0.2, 0) is 9.53 Å². The number of benzene rings is 3. The number of carboxylic acid groups (broad SMARTS) is 1. The number of carboxylic acids is 1. The molecular formula is C39H38N4O16. The molecule has 0 amide bonds. The molecule has 9 atom stereocenters. The Morgan fingerprint density at radius 3 is 2.44 bits per heavy atom. The number of phenols is 2. The van der Waals surface area contributed by atoms with Gasteiger partial charge in [0.05, 0.1) is 18.9 Å². The Morgan fingerprint density at radius 1 is 1.03 bits per heavy atom. The van der Waals surface area contributed by atoms with Gasteiger partial charge in [-0.3, -0.25) is 10.4 Å². The maximum atomic E-state index is 12.4. The van der Waals surface area contributed by atoms with Crippen molar-refractivity contribution in [2.75, 3.05) is 13.2 Å². The highest BCUT2D eigenvalue weighted by atomic mass is 16.7. The van der Waals surface area contributed by atoms with Gasteiger partial charge in [-0.25, -0.2) is 14.8 Å². The third-order valence-electron chi connectivity index (χ3n) is 9.77. The van der Waals surface area contributed by atoms with Gasteiger partial charge in [-0.15, -0.1) is 0 Å². The van der Waals surface area contributed by atoms with Crippen molar-refractivity contribution in [1.82, 2.24) is 0 Å². The van der Waals surface area contributed by atoms with E-state index in [-0.39, 0.29) is 52.2 Å². The van der Waals surface area contributed by atoms with E-state index >= 15 is 0 Å². The molecule has 3 aromatic carbocycles. The fraction of sp³-hybridized carbons (Fsp3) is 0.308. The lowest BCUT2D eigenvalue weighted by Crippen LogP contribution is -2.69. The first-order valence-electron chi connectivity index (χ1n) is 17.9. The summed E-state index contributed by atoms with van der Waals surface area (Å²) in [6.45, 7) is -0.581. The second-order valence-electron chi connectivity index (χ2n) is 13.8. The van der Waals surface area contributed by atoms with Crippen LogP contribution in [0, 0.1) is 5.41 Å². The topological polar surface area (TPSA) is 326 Å². The number of carbonyl (C=O) groups is 1. The number of amidine groups is 1. The van der Waals surface area contributed by atoms with Crippen LogP contribution in [-0.4, -0.2) is 136 Å². The molecule has 7 rings (SSSR count). The number of hydrogen-bond donors (Lipinski definition) is 11. The van der Waals surface area contributed by atoms with Crippen molar-refractivity contribution in [3.8, 4) is 34.5 Å². The molecule has 0 saturated carbocycles. The van der Waals surface area contributed by atoms with Crippen LogP contribution < -0.4 is 18.9 Å². The van der Waals surface area contributed by atoms with Crippen molar-refractivity contribution < 1.29 is 79.5 Å². The first kappa shape index (κ1) is 40.8. The summed E-state index contributed by atoms with van der Waals surface area (Å²) >= 11 is 0. The number of aliphatic carboxylic acids is 1. The van der Waals surface area contributed by atoms with E-state index in [9.17, 15) is 55.9 Å². The van der Waals surface area contributed by atoms with Crippen LogP contribution in [0.15, 0.2) is 87.8 Å². The number of aromatic hydroxyl groups is 2. The lowest BCUT2D eigenvalue weighted by Gasteiger charge is -2.46. The lowest BCUT2D eigenvalue weighted by atomic mass is 9.80. The van der Waals surface area contributed by atoms with Crippen molar-refractivity contribution in [1.29, 1.82) is 5.41 Å². The van der Waals surface area contributed by atoms with Crippen LogP contribution in [0.2, 0.25) is 0 Å². The SMILES string of the molecule is N=C1C=CC([C@@H](O)[C@H](CO)Oc2ccc(C3C=C(O)c4c(cc(O[C@@H]5O[C@H](C(=O)O)[C@](O)(CC6=NC=NC6)[C@@H](O)[C@H]5O)c(O[C@H](O)c5cccc(O)c5)c4O)O3)cc2)=N1. The number of nitrogens with zero attached hydrogens (tertiary/aromatic N) is 3. The van der Waals surface area contributed by atoms with Crippen molar-refractivity contribution in [2.24, 2.45) is 15.0 Å². The number of ether oxygens (including phenoxy) is 5. The Bertz CT molecular complexity index is 2280. The molecule has 4 aliphatic heterocycles. The Kier molecular flexibility index (Phi) is 11.4. The van der Waals surface area contributed by atoms with E-state index in [4.69, 9.17) is 29.1 Å². The number of hydrogen-bond acceptors (Lipinski definition) is 18. The number of fused-ring (bicyclic) bond motifs is 1. The summed E-state index contributed by atoms with van der Waals surface area (Å²) in [5.41, 5.74) is -2.19. The second-order valence-corrected chi connectivity index (χ2v) is 13.8. The first-order chi connectivity index (χ1) is 28.2. The fourth-order valence-electron chi connectivity index (χ4n) is 6.77. The number of nitrogens with one attached hydrogen (secondary N) is 1. The van der Waals surface area contributed by atoms with Crippen LogP contribution in [0.4, 0.5) is 0 Å². The third-order valence-corrected chi connectivity index (χ3v) is 9.77. The van der Waals surface area contributed by atoms with Gasteiger partial charge in [0, 0.05) is 29.8 Å². The average molecular weight is 819 g/mol. The summed E-state index contributed by atoms with van der Waals surface area (Å²) in [5.74, 6) is -4.72. The Balaban J connectivity index is 1.18. The summed E-state index contributed by atoms with van der Waals surface area (Å²) in [6, 6.07) is 12.4. The molecule has 20 heteroatoms. The summed E-state index contributed by atoms with van der Waals surface area (Å²) < 4.78 is 28.9. The van der Waals surface area contributed by atoms with Crippen molar-refractivity contribution >= 4 is 35.3 Å².